The third-order valence-corrected chi connectivity index (χ3v) is 3.85. The minimum absolute atomic E-state index is 0.206. The van der Waals surface area contributed by atoms with Crippen molar-refractivity contribution < 1.29 is 12.8 Å². The van der Waals surface area contributed by atoms with E-state index >= 15 is 0 Å². The summed E-state index contributed by atoms with van der Waals surface area (Å²) in [6.45, 7) is 4.12. The Balaban J connectivity index is 3.08. The molecule has 1 aromatic carbocycles. The second-order valence-electron chi connectivity index (χ2n) is 4.43. The maximum Gasteiger partial charge on any atom is 0.238 e. The minimum atomic E-state index is -3.89. The maximum absolute atomic E-state index is 13.8. The monoisotopic (exact) mass is 275 g/mol. The molecule has 0 fully saturated rings. The van der Waals surface area contributed by atoms with Crippen molar-refractivity contribution in [2.45, 2.75) is 30.7 Å². The summed E-state index contributed by atoms with van der Waals surface area (Å²) in [5.74, 6) is -0.672. The van der Waals surface area contributed by atoms with Crippen LogP contribution in [0.25, 0.3) is 0 Å². The lowest BCUT2D eigenvalue weighted by molar-refractivity contribution is 0.500. The predicted molar refractivity (Wildman–Crippen MR) is 69.1 cm³/mol. The van der Waals surface area contributed by atoms with E-state index in [1.807, 2.05) is 13.8 Å². The van der Waals surface area contributed by atoms with Crippen molar-refractivity contribution in [2.24, 2.45) is 10.9 Å². The van der Waals surface area contributed by atoms with Crippen molar-refractivity contribution in [3.05, 3.63) is 24.0 Å². The molecule has 0 heterocycles. The lowest BCUT2D eigenvalue weighted by atomic mass is 9.99. The Labute approximate surface area is 106 Å². The third kappa shape index (κ3) is 3.41. The number of hydrogen-bond acceptors (Lipinski definition) is 4. The molecule has 18 heavy (non-hydrogen) atoms. The van der Waals surface area contributed by atoms with Gasteiger partial charge in [-0.25, -0.2) is 17.9 Å². The SMILES string of the molecule is CCC(C)(CN)Nc1ccc(S(N)(=O)=O)cc1F. The van der Waals surface area contributed by atoms with Crippen molar-refractivity contribution in [2.75, 3.05) is 11.9 Å². The average Bonchev–Trinajstić information content (AvgIpc) is 2.30. The fraction of sp³-hybridized carbons (Fsp3) is 0.455. The van der Waals surface area contributed by atoms with Crippen LogP contribution in [0, 0.1) is 5.82 Å². The number of nitrogens with two attached hydrogens (primary N) is 2. The van der Waals surface area contributed by atoms with Crippen LogP contribution < -0.4 is 16.2 Å². The van der Waals surface area contributed by atoms with Crippen LogP contribution in [0.1, 0.15) is 20.3 Å². The van der Waals surface area contributed by atoms with Gasteiger partial charge in [0.05, 0.1) is 10.6 Å². The molecular weight excluding hydrogens is 257 g/mol. The minimum Gasteiger partial charge on any atom is -0.376 e. The predicted octanol–water partition coefficient (Wildman–Crippen LogP) is 1.01. The fourth-order valence-corrected chi connectivity index (χ4v) is 1.91. The summed E-state index contributed by atoms with van der Waals surface area (Å²) in [4.78, 5) is -0.253. The zero-order valence-electron chi connectivity index (χ0n) is 10.4. The van der Waals surface area contributed by atoms with Gasteiger partial charge in [-0.3, -0.25) is 0 Å². The van der Waals surface area contributed by atoms with Gasteiger partial charge in [-0.1, -0.05) is 6.92 Å². The zero-order valence-corrected chi connectivity index (χ0v) is 11.2. The molecule has 0 spiro atoms. The topological polar surface area (TPSA) is 98.2 Å². The van der Waals surface area contributed by atoms with E-state index in [4.69, 9.17) is 10.9 Å². The number of hydrogen-bond donors (Lipinski definition) is 3. The quantitative estimate of drug-likeness (QED) is 0.747. The molecule has 7 heteroatoms. The third-order valence-electron chi connectivity index (χ3n) is 2.94. The van der Waals surface area contributed by atoms with E-state index in [1.54, 1.807) is 0 Å². The maximum atomic E-state index is 13.8. The number of rotatable bonds is 5. The number of nitrogens with one attached hydrogen (secondary N) is 1. The molecule has 0 bridgehead atoms. The van der Waals surface area contributed by atoms with Gasteiger partial charge in [0, 0.05) is 12.1 Å². The molecule has 1 unspecified atom stereocenters. The smallest absolute Gasteiger partial charge is 0.238 e. The van der Waals surface area contributed by atoms with E-state index in [0.29, 0.717) is 13.0 Å². The molecular formula is C11H18FN3O2S. The highest BCUT2D eigenvalue weighted by molar-refractivity contribution is 7.89. The molecule has 5 N–H and O–H groups in total. The Kier molecular flexibility index (Phi) is 4.31. The van der Waals surface area contributed by atoms with Crippen LogP contribution in [-0.2, 0) is 10.0 Å². The van der Waals surface area contributed by atoms with E-state index in [1.165, 1.54) is 12.1 Å². The zero-order chi connectivity index (χ0) is 14.0. The van der Waals surface area contributed by atoms with Gasteiger partial charge in [-0.2, -0.15) is 0 Å². The highest BCUT2D eigenvalue weighted by Gasteiger charge is 2.21. The first kappa shape index (κ1) is 14.9. The standard InChI is InChI=1S/C11H18FN3O2S/c1-3-11(2,7-13)15-10-5-4-8(6-9(10)12)18(14,16)17/h4-6,15H,3,7,13H2,1-2H3,(H2,14,16,17). The number of sulfonamides is 1. The van der Waals surface area contributed by atoms with Gasteiger partial charge in [-0.05, 0) is 31.5 Å². The van der Waals surface area contributed by atoms with Gasteiger partial charge >= 0.3 is 0 Å². The lowest BCUT2D eigenvalue weighted by Gasteiger charge is -2.29. The molecule has 0 radical (unpaired) electrons. The molecule has 5 nitrogen and oxygen atoms in total. The summed E-state index contributed by atoms with van der Waals surface area (Å²) in [6, 6.07) is 3.50. The molecule has 1 aromatic rings. The number of benzene rings is 1. The van der Waals surface area contributed by atoms with E-state index in [0.717, 1.165) is 6.07 Å². The first-order valence-corrected chi connectivity index (χ1v) is 7.07. The van der Waals surface area contributed by atoms with Crippen LogP contribution in [0.15, 0.2) is 23.1 Å². The molecule has 0 aliphatic carbocycles. The lowest BCUT2D eigenvalue weighted by Crippen LogP contribution is -2.42. The molecule has 0 saturated carbocycles. The molecule has 0 aromatic heterocycles. The van der Waals surface area contributed by atoms with Crippen LogP contribution in [0.2, 0.25) is 0 Å². The summed E-state index contributed by atoms with van der Waals surface area (Å²) in [5.41, 5.74) is 5.38. The number of anilines is 1. The molecule has 0 amide bonds. The summed E-state index contributed by atoms with van der Waals surface area (Å²) >= 11 is 0. The Bertz CT molecular complexity index is 527. The van der Waals surface area contributed by atoms with Gasteiger partial charge in [0.1, 0.15) is 5.82 Å². The van der Waals surface area contributed by atoms with Crippen LogP contribution in [0.4, 0.5) is 10.1 Å². The van der Waals surface area contributed by atoms with Gasteiger partial charge in [0.15, 0.2) is 0 Å². The van der Waals surface area contributed by atoms with Crippen molar-refractivity contribution in [3.8, 4) is 0 Å². The molecule has 0 aliphatic heterocycles. The van der Waals surface area contributed by atoms with Crippen LogP contribution >= 0.6 is 0 Å². The number of halogens is 1. The molecule has 0 saturated heterocycles. The van der Waals surface area contributed by atoms with Crippen LogP contribution in [-0.4, -0.2) is 20.5 Å². The first-order valence-electron chi connectivity index (χ1n) is 5.52. The van der Waals surface area contributed by atoms with E-state index < -0.39 is 21.4 Å². The Morgan fingerprint density at radius 2 is 2.06 bits per heavy atom. The van der Waals surface area contributed by atoms with E-state index in [-0.39, 0.29) is 10.6 Å². The van der Waals surface area contributed by atoms with Crippen molar-refractivity contribution in [1.82, 2.24) is 0 Å². The molecule has 1 atom stereocenters. The van der Waals surface area contributed by atoms with Crippen molar-refractivity contribution >= 4 is 15.7 Å². The average molecular weight is 275 g/mol. The second-order valence-corrected chi connectivity index (χ2v) is 5.99. The summed E-state index contributed by atoms with van der Waals surface area (Å²) in [7, 11) is -3.89. The molecule has 1 rings (SSSR count). The van der Waals surface area contributed by atoms with Crippen LogP contribution in [0.5, 0.6) is 0 Å². The van der Waals surface area contributed by atoms with Crippen molar-refractivity contribution in [3.63, 3.8) is 0 Å². The second kappa shape index (κ2) is 5.21. The highest BCUT2D eigenvalue weighted by Crippen LogP contribution is 2.22. The van der Waals surface area contributed by atoms with E-state index in [2.05, 4.69) is 5.32 Å². The van der Waals surface area contributed by atoms with E-state index in [9.17, 15) is 12.8 Å². The fourth-order valence-electron chi connectivity index (χ4n) is 1.38. The molecule has 0 aliphatic rings. The van der Waals surface area contributed by atoms with Gasteiger partial charge in [-0.15, -0.1) is 0 Å². The van der Waals surface area contributed by atoms with Gasteiger partial charge in [0.2, 0.25) is 10.0 Å². The molecule has 102 valence electrons. The summed E-state index contributed by atoms with van der Waals surface area (Å²) < 4.78 is 35.9. The Morgan fingerprint density at radius 3 is 2.44 bits per heavy atom. The Hall–Kier alpha value is -1.18. The largest absolute Gasteiger partial charge is 0.376 e. The van der Waals surface area contributed by atoms with Gasteiger partial charge < -0.3 is 11.1 Å². The van der Waals surface area contributed by atoms with Gasteiger partial charge in [0.25, 0.3) is 0 Å². The Morgan fingerprint density at radius 1 is 1.44 bits per heavy atom. The number of primary sulfonamides is 1. The van der Waals surface area contributed by atoms with Crippen molar-refractivity contribution in [1.29, 1.82) is 0 Å². The van der Waals surface area contributed by atoms with Crippen LogP contribution in [0.3, 0.4) is 0 Å². The summed E-state index contributed by atoms with van der Waals surface area (Å²) in [5, 5.41) is 7.89. The highest BCUT2D eigenvalue weighted by atomic mass is 32.2. The first-order chi connectivity index (χ1) is 8.22. The summed E-state index contributed by atoms with van der Waals surface area (Å²) in [6.07, 6.45) is 0.708. The normalized spacial score (nSPS) is 15.2.